The lowest BCUT2D eigenvalue weighted by atomic mass is 9.84. The van der Waals surface area contributed by atoms with Crippen molar-refractivity contribution < 1.29 is 0 Å². The number of rotatable bonds is 1. The molecule has 3 aromatic carbocycles. The van der Waals surface area contributed by atoms with Crippen LogP contribution in [0.1, 0.15) is 59.7 Å². The zero-order valence-corrected chi connectivity index (χ0v) is 18.7. The van der Waals surface area contributed by atoms with Crippen LogP contribution < -0.4 is 4.90 Å². The van der Waals surface area contributed by atoms with Crippen molar-refractivity contribution in [3.8, 4) is 0 Å². The van der Waals surface area contributed by atoms with Crippen LogP contribution in [0.5, 0.6) is 0 Å². The van der Waals surface area contributed by atoms with Gasteiger partial charge in [0, 0.05) is 0 Å². The van der Waals surface area contributed by atoms with Crippen molar-refractivity contribution in [2.45, 2.75) is 53.9 Å². The molecule has 0 saturated heterocycles. The molecule has 0 fully saturated rings. The molecule has 0 saturated carbocycles. The molecule has 0 aromatic heterocycles. The molecule has 0 atom stereocenters. The van der Waals surface area contributed by atoms with Crippen LogP contribution in [-0.4, -0.2) is 0 Å². The monoisotopic (exact) mass is 381 g/mol. The van der Waals surface area contributed by atoms with E-state index in [1.807, 2.05) is 0 Å². The smallest absolute Gasteiger partial charge is 0.0534 e. The molecule has 0 unspecified atom stereocenters. The minimum atomic E-state index is 0.137. The van der Waals surface area contributed by atoms with E-state index >= 15 is 0 Å². The molecule has 0 bridgehead atoms. The predicted octanol–water partition coefficient (Wildman–Crippen LogP) is 8.17. The van der Waals surface area contributed by atoms with Gasteiger partial charge in [-0.1, -0.05) is 68.3 Å². The van der Waals surface area contributed by atoms with Gasteiger partial charge in [0.1, 0.15) is 0 Å². The molecular formula is C28H31N. The molecule has 0 spiro atoms. The van der Waals surface area contributed by atoms with E-state index in [0.717, 1.165) is 0 Å². The maximum atomic E-state index is 2.46. The van der Waals surface area contributed by atoms with Gasteiger partial charge in [-0.2, -0.15) is 0 Å². The maximum absolute atomic E-state index is 2.46. The zero-order valence-electron chi connectivity index (χ0n) is 18.7. The predicted molar refractivity (Wildman–Crippen MR) is 128 cm³/mol. The Labute approximate surface area is 175 Å². The number of fused-ring (bicyclic) bond motifs is 2. The summed E-state index contributed by atoms with van der Waals surface area (Å²) in [6, 6.07) is 18.3. The van der Waals surface area contributed by atoms with Gasteiger partial charge in [0.15, 0.2) is 0 Å². The van der Waals surface area contributed by atoms with E-state index in [1.165, 1.54) is 56.0 Å². The van der Waals surface area contributed by atoms with Crippen LogP contribution in [0.4, 0.5) is 17.1 Å². The van der Waals surface area contributed by atoms with Gasteiger partial charge in [-0.25, -0.2) is 0 Å². The quantitative estimate of drug-likeness (QED) is 0.321. The van der Waals surface area contributed by atoms with Crippen molar-refractivity contribution in [2.24, 2.45) is 0 Å². The molecule has 0 aliphatic carbocycles. The Morgan fingerprint density at radius 2 is 1.07 bits per heavy atom. The van der Waals surface area contributed by atoms with Crippen LogP contribution in [-0.2, 0) is 5.41 Å². The van der Waals surface area contributed by atoms with Crippen LogP contribution in [0.3, 0.4) is 0 Å². The van der Waals surface area contributed by atoms with E-state index in [2.05, 4.69) is 114 Å². The van der Waals surface area contributed by atoms with E-state index in [-0.39, 0.29) is 5.41 Å². The van der Waals surface area contributed by atoms with E-state index < -0.39 is 0 Å². The van der Waals surface area contributed by atoms with Crippen LogP contribution in [0.2, 0.25) is 0 Å². The highest BCUT2D eigenvalue weighted by Crippen LogP contribution is 2.45. The van der Waals surface area contributed by atoms with Crippen LogP contribution in [0.25, 0.3) is 12.2 Å². The van der Waals surface area contributed by atoms with E-state index in [0.29, 0.717) is 0 Å². The molecule has 0 N–H and O–H groups in total. The van der Waals surface area contributed by atoms with E-state index in [9.17, 15) is 0 Å². The van der Waals surface area contributed by atoms with Crippen molar-refractivity contribution in [3.05, 3.63) is 87.5 Å². The minimum Gasteiger partial charge on any atom is -0.309 e. The second kappa shape index (κ2) is 6.91. The minimum absolute atomic E-state index is 0.137. The average Bonchev–Trinajstić information content (AvgIpc) is 2.77. The molecule has 0 radical (unpaired) electrons. The summed E-state index contributed by atoms with van der Waals surface area (Å²) < 4.78 is 0. The number of aryl methyl sites for hydroxylation is 4. The summed E-state index contributed by atoms with van der Waals surface area (Å²) in [5.41, 5.74) is 13.0. The number of hydrogen-bond acceptors (Lipinski definition) is 1. The third-order valence-corrected chi connectivity index (χ3v) is 5.87. The van der Waals surface area contributed by atoms with Crippen molar-refractivity contribution in [3.63, 3.8) is 0 Å². The van der Waals surface area contributed by atoms with E-state index in [4.69, 9.17) is 0 Å². The van der Waals surface area contributed by atoms with E-state index in [1.54, 1.807) is 0 Å². The molecule has 0 amide bonds. The fraction of sp³-hybridized carbons (Fsp3) is 0.286. The molecule has 1 heterocycles. The lowest BCUT2D eigenvalue weighted by molar-refractivity contribution is 0.589. The SMILES string of the molecule is Cc1ccc2c(c1)C=Cc1cc(C)ccc1N2c1c(C)cc(C(C)(C)C)cc1C. The zero-order chi connectivity index (χ0) is 20.9. The summed E-state index contributed by atoms with van der Waals surface area (Å²) in [6.45, 7) is 15.7. The van der Waals surface area contributed by atoms with Crippen LogP contribution in [0.15, 0.2) is 48.5 Å². The van der Waals surface area contributed by atoms with Crippen molar-refractivity contribution in [2.75, 3.05) is 4.90 Å². The van der Waals surface area contributed by atoms with Gasteiger partial charge in [0.05, 0.1) is 17.1 Å². The van der Waals surface area contributed by atoms with Gasteiger partial charge in [-0.05, 0) is 85.2 Å². The van der Waals surface area contributed by atoms with Crippen LogP contribution >= 0.6 is 0 Å². The summed E-state index contributed by atoms with van der Waals surface area (Å²) in [6.07, 6.45) is 4.52. The number of hydrogen-bond donors (Lipinski definition) is 0. The Morgan fingerprint density at radius 1 is 0.621 bits per heavy atom. The Hall–Kier alpha value is -2.80. The molecule has 29 heavy (non-hydrogen) atoms. The molecule has 148 valence electrons. The number of anilines is 3. The average molecular weight is 382 g/mol. The Morgan fingerprint density at radius 3 is 1.48 bits per heavy atom. The van der Waals surface area contributed by atoms with Crippen molar-refractivity contribution >= 4 is 29.2 Å². The maximum Gasteiger partial charge on any atom is 0.0534 e. The fourth-order valence-electron chi connectivity index (χ4n) is 4.31. The first kappa shape index (κ1) is 19.5. The molecule has 1 heteroatoms. The Balaban J connectivity index is 2.02. The molecule has 1 nitrogen and oxygen atoms in total. The van der Waals surface area contributed by atoms with Gasteiger partial charge in [0.2, 0.25) is 0 Å². The van der Waals surface area contributed by atoms with Crippen LogP contribution in [0, 0.1) is 27.7 Å². The number of nitrogens with zero attached hydrogens (tertiary/aromatic N) is 1. The standard InChI is InChI=1S/C28H31N/c1-18-8-12-25-22(14-18)10-11-23-15-19(2)9-13-26(23)29(25)27-20(3)16-24(17-21(27)4)28(5,6)7/h8-17H,1-7H3. The van der Waals surface area contributed by atoms with Gasteiger partial charge >= 0.3 is 0 Å². The molecule has 4 rings (SSSR count). The van der Waals surface area contributed by atoms with Gasteiger partial charge < -0.3 is 4.90 Å². The molecule has 1 aliphatic heterocycles. The second-order valence-corrected chi connectivity index (χ2v) is 9.50. The Bertz CT molecular complexity index is 1050. The fourth-order valence-corrected chi connectivity index (χ4v) is 4.31. The summed E-state index contributed by atoms with van der Waals surface area (Å²) in [7, 11) is 0. The lowest BCUT2D eigenvalue weighted by Crippen LogP contribution is -2.17. The normalized spacial score (nSPS) is 13.1. The second-order valence-electron chi connectivity index (χ2n) is 9.50. The summed E-state index contributed by atoms with van der Waals surface area (Å²) in [4.78, 5) is 2.46. The Kier molecular flexibility index (Phi) is 4.65. The first-order valence-corrected chi connectivity index (χ1v) is 10.5. The van der Waals surface area contributed by atoms with Gasteiger partial charge in [-0.3, -0.25) is 0 Å². The van der Waals surface area contributed by atoms with Crippen molar-refractivity contribution in [1.82, 2.24) is 0 Å². The summed E-state index contributed by atoms with van der Waals surface area (Å²) >= 11 is 0. The first-order chi connectivity index (χ1) is 13.6. The first-order valence-electron chi connectivity index (χ1n) is 10.5. The third kappa shape index (κ3) is 3.51. The topological polar surface area (TPSA) is 3.24 Å². The number of benzene rings is 3. The summed E-state index contributed by atoms with van der Waals surface area (Å²) in [5.74, 6) is 0. The van der Waals surface area contributed by atoms with Crippen molar-refractivity contribution in [1.29, 1.82) is 0 Å². The largest absolute Gasteiger partial charge is 0.309 e. The molecule has 1 aliphatic rings. The highest BCUT2D eigenvalue weighted by atomic mass is 15.2. The lowest BCUT2D eigenvalue weighted by Gasteiger charge is -2.32. The van der Waals surface area contributed by atoms with Gasteiger partial charge in [0.25, 0.3) is 0 Å². The highest BCUT2D eigenvalue weighted by molar-refractivity contribution is 5.94. The molecule has 3 aromatic rings. The highest BCUT2D eigenvalue weighted by Gasteiger charge is 2.24. The summed E-state index contributed by atoms with van der Waals surface area (Å²) in [5, 5.41) is 0. The third-order valence-electron chi connectivity index (χ3n) is 5.87. The molecular weight excluding hydrogens is 350 g/mol. The van der Waals surface area contributed by atoms with Gasteiger partial charge in [-0.15, -0.1) is 0 Å².